The van der Waals surface area contributed by atoms with Gasteiger partial charge < -0.3 is 10.1 Å². The number of rotatable bonds is 3. The molecule has 1 rings (SSSR count). The largest absolute Gasteiger partial charge is 0.485 e. The van der Waals surface area contributed by atoms with Crippen LogP contribution in [-0.2, 0) is 11.3 Å². The van der Waals surface area contributed by atoms with E-state index >= 15 is 0 Å². The fourth-order valence-corrected chi connectivity index (χ4v) is 1.23. The summed E-state index contributed by atoms with van der Waals surface area (Å²) in [5.41, 5.74) is 0.857. The quantitative estimate of drug-likeness (QED) is 0.653. The highest BCUT2D eigenvalue weighted by Gasteiger charge is 2.29. The van der Waals surface area contributed by atoms with Gasteiger partial charge in [0, 0.05) is 6.54 Å². The van der Waals surface area contributed by atoms with Crippen molar-refractivity contribution in [2.24, 2.45) is 0 Å². The lowest BCUT2D eigenvalue weighted by Crippen LogP contribution is -2.43. The van der Waals surface area contributed by atoms with Crippen LogP contribution in [0.4, 0.5) is 18.0 Å². The third kappa shape index (κ3) is 5.28. The number of carbonyl (C=O) groups excluding carboxylic acids is 2. The zero-order chi connectivity index (χ0) is 14.5. The summed E-state index contributed by atoms with van der Waals surface area (Å²) in [5, 5.41) is 2.84. The lowest BCUT2D eigenvalue weighted by Gasteiger charge is -2.10. The number of nitrogens with one attached hydrogen (secondary N) is 2. The van der Waals surface area contributed by atoms with Crippen molar-refractivity contribution in [3.8, 4) is 0 Å². The average Bonchev–Trinajstić information content (AvgIpc) is 2.34. The van der Waals surface area contributed by atoms with Crippen molar-refractivity contribution in [3.63, 3.8) is 0 Å². The lowest BCUT2D eigenvalue weighted by atomic mass is 10.1. The Kier molecular flexibility index (Phi) is 4.74. The van der Waals surface area contributed by atoms with Crippen LogP contribution in [0, 0.1) is 0 Å². The number of urea groups is 1. The predicted molar refractivity (Wildman–Crippen MR) is 59.2 cm³/mol. The Bertz CT molecular complexity index is 457. The van der Waals surface area contributed by atoms with Crippen LogP contribution in [-0.4, -0.2) is 25.4 Å². The van der Waals surface area contributed by atoms with Crippen LogP contribution < -0.4 is 10.6 Å². The highest BCUT2D eigenvalue weighted by Crippen LogP contribution is 2.09. The van der Waals surface area contributed by atoms with Gasteiger partial charge in [-0.05, 0) is 17.7 Å². The van der Waals surface area contributed by atoms with E-state index in [-0.39, 0.29) is 6.54 Å². The first kappa shape index (κ1) is 14.8. The molecule has 5 nitrogen and oxygen atoms in total. The second kappa shape index (κ2) is 6.07. The van der Waals surface area contributed by atoms with E-state index in [9.17, 15) is 22.8 Å². The number of alkyl halides is 3. The molecule has 0 aliphatic rings. The molecule has 0 aliphatic heterocycles. The van der Waals surface area contributed by atoms with Gasteiger partial charge in [-0.1, -0.05) is 12.1 Å². The minimum absolute atomic E-state index is 0.0939. The summed E-state index contributed by atoms with van der Waals surface area (Å²) in [6.45, 7) is -0.0939. The first-order valence-corrected chi connectivity index (χ1v) is 5.12. The molecule has 0 aromatic heterocycles. The van der Waals surface area contributed by atoms with Gasteiger partial charge in [0.25, 0.3) is 0 Å². The van der Waals surface area contributed by atoms with Gasteiger partial charge in [0.05, 0.1) is 12.7 Å². The van der Waals surface area contributed by atoms with Gasteiger partial charge in [0.2, 0.25) is 0 Å². The normalized spacial score (nSPS) is 10.7. The van der Waals surface area contributed by atoms with Gasteiger partial charge >= 0.3 is 18.3 Å². The maximum atomic E-state index is 11.8. The van der Waals surface area contributed by atoms with Crippen LogP contribution in [0.1, 0.15) is 15.9 Å². The van der Waals surface area contributed by atoms with Crippen LogP contribution >= 0.6 is 0 Å². The monoisotopic (exact) mass is 276 g/mol. The minimum Gasteiger partial charge on any atom is -0.465 e. The number of carbonyl (C=O) groups is 2. The zero-order valence-corrected chi connectivity index (χ0v) is 9.88. The van der Waals surface area contributed by atoms with Gasteiger partial charge in [0.1, 0.15) is 0 Å². The maximum Gasteiger partial charge on any atom is 0.485 e. The number of esters is 1. The minimum atomic E-state index is -4.77. The van der Waals surface area contributed by atoms with Crippen LogP contribution in [0.25, 0.3) is 0 Å². The number of benzene rings is 1. The van der Waals surface area contributed by atoms with Crippen LogP contribution in [0.3, 0.4) is 0 Å². The Labute approximate surface area is 106 Å². The Morgan fingerprint density at radius 3 is 2.26 bits per heavy atom. The molecular formula is C11H11F3N2O3. The average molecular weight is 276 g/mol. The third-order valence-corrected chi connectivity index (χ3v) is 2.08. The van der Waals surface area contributed by atoms with Crippen molar-refractivity contribution in [2.75, 3.05) is 7.11 Å². The van der Waals surface area contributed by atoms with E-state index < -0.39 is 18.3 Å². The summed E-state index contributed by atoms with van der Waals surface area (Å²) >= 11 is 0. The van der Waals surface area contributed by atoms with Gasteiger partial charge in [-0.15, -0.1) is 0 Å². The Hall–Kier alpha value is -2.25. The van der Waals surface area contributed by atoms with Crippen molar-refractivity contribution < 1.29 is 27.5 Å². The molecule has 8 heteroatoms. The first-order chi connectivity index (χ1) is 8.81. The van der Waals surface area contributed by atoms with E-state index in [1.54, 1.807) is 0 Å². The molecule has 0 bridgehead atoms. The number of methoxy groups -OCH3 is 1. The molecule has 2 N–H and O–H groups in total. The standard InChI is InChI=1S/C11H11F3N2O3/c1-19-9(17)8-4-2-7(3-5-8)6-15-10(18)16-11(12,13)14/h2-5H,6H2,1H3,(H2,15,16,18). The van der Waals surface area contributed by atoms with E-state index in [0.29, 0.717) is 11.1 Å². The zero-order valence-electron chi connectivity index (χ0n) is 9.88. The SMILES string of the molecule is COC(=O)c1ccc(CNC(=O)NC(F)(F)F)cc1. The molecule has 104 valence electrons. The molecule has 0 saturated carbocycles. The second-order valence-corrected chi connectivity index (χ2v) is 3.49. The fraction of sp³-hybridized carbons (Fsp3) is 0.273. The van der Waals surface area contributed by atoms with E-state index in [1.807, 2.05) is 5.32 Å². The number of amides is 2. The van der Waals surface area contributed by atoms with Crippen LogP contribution in [0.15, 0.2) is 24.3 Å². The summed E-state index contributed by atoms with van der Waals surface area (Å²) in [6, 6.07) is 4.56. The van der Waals surface area contributed by atoms with Crippen molar-refractivity contribution in [3.05, 3.63) is 35.4 Å². The van der Waals surface area contributed by atoms with Gasteiger partial charge in [0.15, 0.2) is 0 Å². The van der Waals surface area contributed by atoms with Crippen molar-refractivity contribution in [1.82, 2.24) is 10.6 Å². The summed E-state index contributed by atoms with van der Waals surface area (Å²) in [5.74, 6) is -0.519. The predicted octanol–water partition coefficient (Wildman–Crippen LogP) is 1.79. The molecular weight excluding hydrogens is 265 g/mol. The molecule has 0 unspecified atom stereocenters. The molecule has 2 amide bonds. The van der Waals surface area contributed by atoms with E-state index in [2.05, 4.69) is 4.74 Å². The first-order valence-electron chi connectivity index (χ1n) is 5.12. The van der Waals surface area contributed by atoms with Crippen molar-refractivity contribution >= 4 is 12.0 Å². The Morgan fingerprint density at radius 1 is 1.21 bits per heavy atom. The van der Waals surface area contributed by atoms with Gasteiger partial charge in [-0.3, -0.25) is 0 Å². The van der Waals surface area contributed by atoms with Crippen molar-refractivity contribution in [1.29, 1.82) is 0 Å². The van der Waals surface area contributed by atoms with E-state index in [0.717, 1.165) is 5.32 Å². The van der Waals surface area contributed by atoms with Gasteiger partial charge in [-0.2, -0.15) is 13.2 Å². The molecule has 0 radical (unpaired) electrons. The molecule has 19 heavy (non-hydrogen) atoms. The molecule has 1 aromatic rings. The highest BCUT2D eigenvalue weighted by atomic mass is 19.4. The fourth-order valence-electron chi connectivity index (χ4n) is 1.23. The number of hydrogen-bond acceptors (Lipinski definition) is 3. The van der Waals surface area contributed by atoms with E-state index in [4.69, 9.17) is 0 Å². The summed E-state index contributed by atoms with van der Waals surface area (Å²) in [7, 11) is 1.24. The van der Waals surface area contributed by atoms with Gasteiger partial charge in [-0.25, -0.2) is 14.9 Å². The molecule has 0 saturated heterocycles. The summed E-state index contributed by atoms with van der Waals surface area (Å²) in [6.07, 6.45) is -4.77. The maximum absolute atomic E-state index is 11.8. The number of ether oxygens (including phenoxy) is 1. The Morgan fingerprint density at radius 2 is 1.79 bits per heavy atom. The highest BCUT2D eigenvalue weighted by molar-refractivity contribution is 5.89. The second-order valence-electron chi connectivity index (χ2n) is 3.49. The lowest BCUT2D eigenvalue weighted by molar-refractivity contribution is -0.145. The smallest absolute Gasteiger partial charge is 0.465 e. The summed E-state index contributed by atoms with van der Waals surface area (Å²) in [4.78, 5) is 22.0. The number of hydrogen-bond donors (Lipinski definition) is 2. The summed E-state index contributed by atoms with van der Waals surface area (Å²) < 4.78 is 39.9. The molecule has 0 aliphatic carbocycles. The molecule has 0 atom stereocenters. The van der Waals surface area contributed by atoms with E-state index in [1.165, 1.54) is 31.4 Å². The third-order valence-electron chi connectivity index (χ3n) is 2.08. The molecule has 0 spiro atoms. The molecule has 0 heterocycles. The number of halogens is 3. The Balaban J connectivity index is 2.50. The van der Waals surface area contributed by atoms with Crippen molar-refractivity contribution in [2.45, 2.75) is 12.8 Å². The van der Waals surface area contributed by atoms with Crippen LogP contribution in [0.2, 0.25) is 0 Å². The topological polar surface area (TPSA) is 67.4 Å². The molecule has 0 fully saturated rings. The molecule has 1 aromatic carbocycles. The van der Waals surface area contributed by atoms with Crippen LogP contribution in [0.5, 0.6) is 0 Å².